The first-order valence-electron chi connectivity index (χ1n) is 4.32. The number of allylic oxidation sites excluding steroid dienone is 1. The van der Waals surface area contributed by atoms with Crippen molar-refractivity contribution < 1.29 is 0 Å². The lowest BCUT2D eigenvalue weighted by atomic mass is 10.0. The fourth-order valence-electron chi connectivity index (χ4n) is 1.41. The van der Waals surface area contributed by atoms with E-state index >= 15 is 0 Å². The summed E-state index contributed by atoms with van der Waals surface area (Å²) in [6.45, 7) is 4.05. The maximum atomic E-state index is 5.89. The van der Waals surface area contributed by atoms with Gasteiger partial charge in [-0.1, -0.05) is 29.8 Å². The molecule has 68 valence electrons. The number of benzene rings is 1. The number of halogens is 2. The van der Waals surface area contributed by atoms with Gasteiger partial charge in [-0.3, -0.25) is 0 Å². The molecule has 0 saturated heterocycles. The van der Waals surface area contributed by atoms with E-state index in [0.717, 1.165) is 5.56 Å². The van der Waals surface area contributed by atoms with Crippen LogP contribution in [0.2, 0.25) is 10.0 Å². The zero-order valence-corrected chi connectivity index (χ0v) is 8.70. The third kappa shape index (κ3) is 2.07. The van der Waals surface area contributed by atoms with E-state index in [-0.39, 0.29) is 0 Å². The molecule has 0 aliphatic heterocycles. The third-order valence-corrected chi connectivity index (χ3v) is 2.74. The molecule has 1 aliphatic carbocycles. The first kappa shape index (κ1) is 9.11. The average molecular weight is 213 g/mol. The molecule has 2 rings (SSSR count). The predicted octanol–water partition coefficient (Wildman–Crippen LogP) is 4.42. The van der Waals surface area contributed by atoms with Gasteiger partial charge < -0.3 is 0 Å². The van der Waals surface area contributed by atoms with Crippen LogP contribution in [-0.2, 0) is 0 Å². The summed E-state index contributed by atoms with van der Waals surface area (Å²) in [6, 6.07) is 5.59. The maximum absolute atomic E-state index is 5.89. The van der Waals surface area contributed by atoms with Crippen molar-refractivity contribution in [1.82, 2.24) is 0 Å². The van der Waals surface area contributed by atoms with Gasteiger partial charge in [-0.2, -0.15) is 0 Å². The van der Waals surface area contributed by atoms with E-state index < -0.39 is 0 Å². The molecule has 1 aromatic rings. The molecular formula is C11H10Cl2. The molecule has 0 radical (unpaired) electrons. The lowest BCUT2D eigenvalue weighted by molar-refractivity contribution is 1.15. The van der Waals surface area contributed by atoms with Gasteiger partial charge in [0.1, 0.15) is 0 Å². The summed E-state index contributed by atoms with van der Waals surface area (Å²) in [5.41, 5.74) is 2.25. The molecule has 1 aromatic carbocycles. The van der Waals surface area contributed by atoms with Crippen molar-refractivity contribution in [1.29, 1.82) is 0 Å². The van der Waals surface area contributed by atoms with Crippen LogP contribution in [0.15, 0.2) is 24.8 Å². The summed E-state index contributed by atoms with van der Waals surface area (Å²) in [5.74, 6) is 0.662. The minimum Gasteiger partial charge on any atom is -0.0949 e. The van der Waals surface area contributed by atoms with Crippen molar-refractivity contribution in [2.24, 2.45) is 5.92 Å². The van der Waals surface area contributed by atoms with E-state index in [4.69, 9.17) is 23.2 Å². The Kier molecular flexibility index (Phi) is 2.35. The summed E-state index contributed by atoms with van der Waals surface area (Å²) in [6.07, 6.45) is 2.51. The highest BCUT2D eigenvalue weighted by atomic mass is 35.5. The maximum Gasteiger partial charge on any atom is 0.0426 e. The molecular weight excluding hydrogens is 203 g/mol. The second kappa shape index (κ2) is 3.36. The van der Waals surface area contributed by atoms with Gasteiger partial charge in [-0.25, -0.2) is 0 Å². The fourth-order valence-corrected chi connectivity index (χ4v) is 1.93. The molecule has 0 aromatic heterocycles. The molecule has 1 aliphatic rings. The van der Waals surface area contributed by atoms with Crippen LogP contribution in [0.25, 0.3) is 5.57 Å². The molecule has 13 heavy (non-hydrogen) atoms. The average Bonchev–Trinajstić information content (AvgIpc) is 2.83. The first-order valence-corrected chi connectivity index (χ1v) is 5.07. The van der Waals surface area contributed by atoms with Crippen LogP contribution in [-0.4, -0.2) is 0 Å². The van der Waals surface area contributed by atoms with Crippen molar-refractivity contribution >= 4 is 28.8 Å². The second-order valence-electron chi connectivity index (χ2n) is 3.46. The largest absolute Gasteiger partial charge is 0.0949 e. The minimum absolute atomic E-state index is 0.662. The van der Waals surface area contributed by atoms with Crippen LogP contribution < -0.4 is 0 Å². The van der Waals surface area contributed by atoms with Gasteiger partial charge >= 0.3 is 0 Å². The molecule has 1 fully saturated rings. The van der Waals surface area contributed by atoms with Gasteiger partial charge in [0.2, 0.25) is 0 Å². The van der Waals surface area contributed by atoms with Crippen LogP contribution in [0.4, 0.5) is 0 Å². The summed E-state index contributed by atoms with van der Waals surface area (Å²) in [7, 11) is 0. The van der Waals surface area contributed by atoms with Gasteiger partial charge in [-0.15, -0.1) is 0 Å². The molecule has 0 bridgehead atoms. The molecule has 0 amide bonds. The first-order chi connectivity index (χ1) is 6.16. The molecule has 0 unspecified atom stereocenters. The van der Waals surface area contributed by atoms with E-state index in [1.165, 1.54) is 18.4 Å². The summed E-state index contributed by atoms with van der Waals surface area (Å²) in [5, 5.41) is 1.37. The van der Waals surface area contributed by atoms with E-state index in [0.29, 0.717) is 16.0 Å². The minimum atomic E-state index is 0.662. The summed E-state index contributed by atoms with van der Waals surface area (Å²) < 4.78 is 0. The van der Waals surface area contributed by atoms with Gasteiger partial charge in [0, 0.05) is 10.0 Å². The van der Waals surface area contributed by atoms with Crippen molar-refractivity contribution in [2.45, 2.75) is 12.8 Å². The Balaban J connectivity index is 2.33. The molecule has 1 saturated carbocycles. The fraction of sp³-hybridized carbons (Fsp3) is 0.273. The molecule has 0 nitrogen and oxygen atoms in total. The van der Waals surface area contributed by atoms with Crippen LogP contribution in [0, 0.1) is 5.92 Å². The molecule has 0 spiro atoms. The quantitative estimate of drug-likeness (QED) is 0.682. The van der Waals surface area contributed by atoms with Crippen LogP contribution in [0.1, 0.15) is 18.4 Å². The van der Waals surface area contributed by atoms with E-state index in [9.17, 15) is 0 Å². The van der Waals surface area contributed by atoms with Gasteiger partial charge in [-0.05, 0) is 48.1 Å². The van der Waals surface area contributed by atoms with E-state index in [2.05, 4.69) is 6.58 Å². The molecule has 0 atom stereocenters. The normalized spacial score (nSPS) is 15.8. The monoisotopic (exact) mass is 212 g/mol. The molecule has 0 heterocycles. The van der Waals surface area contributed by atoms with Crippen molar-refractivity contribution in [2.75, 3.05) is 0 Å². The summed E-state index contributed by atoms with van der Waals surface area (Å²) >= 11 is 11.8. The third-order valence-electron chi connectivity index (χ3n) is 2.30. The van der Waals surface area contributed by atoms with E-state index in [1.54, 1.807) is 6.07 Å². The predicted molar refractivity (Wildman–Crippen MR) is 58.2 cm³/mol. The van der Waals surface area contributed by atoms with Gasteiger partial charge in [0.25, 0.3) is 0 Å². The highest BCUT2D eigenvalue weighted by molar-refractivity contribution is 6.34. The Morgan fingerprint density at radius 2 is 1.69 bits per heavy atom. The number of hydrogen-bond acceptors (Lipinski definition) is 0. The number of rotatable bonds is 2. The van der Waals surface area contributed by atoms with Crippen molar-refractivity contribution in [3.63, 3.8) is 0 Å². The zero-order valence-electron chi connectivity index (χ0n) is 7.19. The van der Waals surface area contributed by atoms with E-state index in [1.807, 2.05) is 12.1 Å². The highest BCUT2D eigenvalue weighted by Gasteiger charge is 2.25. The smallest absolute Gasteiger partial charge is 0.0426 e. The Morgan fingerprint density at radius 3 is 2.15 bits per heavy atom. The molecule has 2 heteroatoms. The highest BCUT2D eigenvalue weighted by Crippen LogP contribution is 2.41. The summed E-state index contributed by atoms with van der Waals surface area (Å²) in [4.78, 5) is 0. The van der Waals surface area contributed by atoms with Crippen molar-refractivity contribution in [3.8, 4) is 0 Å². The van der Waals surface area contributed by atoms with Gasteiger partial charge in [0.05, 0.1) is 0 Å². The van der Waals surface area contributed by atoms with Gasteiger partial charge in [0.15, 0.2) is 0 Å². The Morgan fingerprint density at radius 1 is 1.15 bits per heavy atom. The lowest BCUT2D eigenvalue weighted by Gasteiger charge is -2.04. The number of hydrogen-bond donors (Lipinski definition) is 0. The van der Waals surface area contributed by atoms with Crippen LogP contribution in [0.5, 0.6) is 0 Å². The van der Waals surface area contributed by atoms with Crippen molar-refractivity contribution in [3.05, 3.63) is 40.4 Å². The topological polar surface area (TPSA) is 0 Å². The van der Waals surface area contributed by atoms with Crippen LogP contribution >= 0.6 is 23.2 Å². The zero-order chi connectivity index (χ0) is 9.42. The Labute approximate surface area is 88.2 Å². The Bertz CT molecular complexity index is 331. The Hall–Kier alpha value is -0.460. The molecule has 0 N–H and O–H groups in total. The second-order valence-corrected chi connectivity index (χ2v) is 4.33. The SMILES string of the molecule is C=C(c1cc(Cl)cc(Cl)c1)C1CC1. The lowest BCUT2D eigenvalue weighted by Crippen LogP contribution is -1.84. The van der Waals surface area contributed by atoms with Crippen LogP contribution in [0.3, 0.4) is 0 Å². The standard InChI is InChI=1S/C11H10Cl2/c1-7(8-2-3-8)9-4-10(12)6-11(13)5-9/h4-6,8H,1-3H2.